The molecule has 5 heteroatoms. The third kappa shape index (κ3) is 2.65. The molecule has 0 amide bonds. The van der Waals surface area contributed by atoms with Gasteiger partial charge in [-0.15, -0.1) is 0 Å². The van der Waals surface area contributed by atoms with Crippen molar-refractivity contribution in [2.75, 3.05) is 0 Å². The molecular weight excluding hydrogens is 407 g/mol. The summed E-state index contributed by atoms with van der Waals surface area (Å²) in [6, 6.07) is 11.0. The third-order valence-corrected chi connectivity index (χ3v) is 4.52. The van der Waals surface area contributed by atoms with Crippen molar-refractivity contribution in [1.82, 2.24) is 0 Å². The maximum Gasteiger partial charge on any atom is 0.170 e. The number of halogens is 3. The second-order valence-electron chi connectivity index (χ2n) is 4.54. The lowest BCUT2D eigenvalue weighted by atomic mass is 9.96. The highest BCUT2D eigenvalue weighted by Crippen LogP contribution is 2.39. The smallest absolute Gasteiger partial charge is 0.170 e. The predicted octanol–water partition coefficient (Wildman–Crippen LogP) is 5.57. The molecule has 102 valence electrons. The largest absolute Gasteiger partial charge is 0.484 e. The van der Waals surface area contributed by atoms with Gasteiger partial charge in [0.05, 0.1) is 12.0 Å². The van der Waals surface area contributed by atoms with Crippen molar-refractivity contribution in [2.45, 2.75) is 12.5 Å². The molecule has 20 heavy (non-hydrogen) atoms. The molecular formula is C15H9Br2ClO2. The van der Waals surface area contributed by atoms with E-state index >= 15 is 0 Å². The minimum absolute atomic E-state index is 0.0693. The molecule has 0 aliphatic carbocycles. The molecule has 0 saturated heterocycles. The Hall–Kier alpha value is -0.840. The Morgan fingerprint density at radius 2 is 1.80 bits per heavy atom. The molecule has 0 aromatic heterocycles. The molecule has 1 atom stereocenters. The number of hydrogen-bond donors (Lipinski definition) is 0. The number of ether oxygens (including phenoxy) is 1. The molecule has 1 heterocycles. The van der Waals surface area contributed by atoms with Crippen LogP contribution in [0.2, 0.25) is 5.02 Å². The molecule has 1 aliphatic rings. The molecule has 3 rings (SSSR count). The predicted molar refractivity (Wildman–Crippen MR) is 85.6 cm³/mol. The third-order valence-electron chi connectivity index (χ3n) is 3.19. The number of fused-ring (bicyclic) bond motifs is 1. The van der Waals surface area contributed by atoms with Gasteiger partial charge < -0.3 is 4.74 Å². The van der Waals surface area contributed by atoms with Crippen LogP contribution < -0.4 is 4.74 Å². The molecule has 0 saturated carbocycles. The van der Waals surface area contributed by atoms with Crippen LogP contribution in [0.3, 0.4) is 0 Å². The number of carbonyl (C=O) groups is 1. The number of ketones is 1. The zero-order valence-electron chi connectivity index (χ0n) is 10.2. The first-order valence-corrected chi connectivity index (χ1v) is 7.95. The molecule has 1 aliphatic heterocycles. The van der Waals surface area contributed by atoms with Crippen molar-refractivity contribution < 1.29 is 9.53 Å². The van der Waals surface area contributed by atoms with Gasteiger partial charge in [-0.3, -0.25) is 4.79 Å². The van der Waals surface area contributed by atoms with Crippen LogP contribution in [0.4, 0.5) is 0 Å². The summed E-state index contributed by atoms with van der Waals surface area (Å²) in [5.74, 6) is 0.663. The fourth-order valence-electron chi connectivity index (χ4n) is 2.23. The number of hydrogen-bond acceptors (Lipinski definition) is 2. The number of rotatable bonds is 1. The van der Waals surface area contributed by atoms with E-state index in [4.69, 9.17) is 16.3 Å². The number of benzene rings is 2. The van der Waals surface area contributed by atoms with Crippen LogP contribution >= 0.6 is 43.5 Å². The van der Waals surface area contributed by atoms with Gasteiger partial charge in [-0.1, -0.05) is 43.5 Å². The van der Waals surface area contributed by atoms with E-state index in [0.29, 0.717) is 22.8 Å². The molecule has 0 spiro atoms. The van der Waals surface area contributed by atoms with Gasteiger partial charge in [0, 0.05) is 19.5 Å². The van der Waals surface area contributed by atoms with Crippen molar-refractivity contribution in [2.24, 2.45) is 0 Å². The van der Waals surface area contributed by atoms with E-state index < -0.39 is 0 Å². The van der Waals surface area contributed by atoms with Crippen LogP contribution in [-0.4, -0.2) is 5.78 Å². The average molecular weight is 416 g/mol. The van der Waals surface area contributed by atoms with Crippen LogP contribution in [0.5, 0.6) is 5.75 Å². The highest BCUT2D eigenvalue weighted by molar-refractivity contribution is 9.10. The molecule has 2 aromatic rings. The Balaban J connectivity index is 2.02. The average Bonchev–Trinajstić information content (AvgIpc) is 2.41. The van der Waals surface area contributed by atoms with Gasteiger partial charge in [0.15, 0.2) is 5.78 Å². The topological polar surface area (TPSA) is 26.3 Å². The molecule has 0 radical (unpaired) electrons. The first kappa shape index (κ1) is 14.1. The van der Waals surface area contributed by atoms with Gasteiger partial charge in [0.1, 0.15) is 11.9 Å². The van der Waals surface area contributed by atoms with Gasteiger partial charge in [-0.2, -0.15) is 0 Å². The summed E-state index contributed by atoms with van der Waals surface area (Å²) < 4.78 is 7.74. The first-order chi connectivity index (χ1) is 9.54. The number of Topliss-reactive ketones (excluding diaryl/α,β-unsaturated/α-hetero) is 1. The zero-order chi connectivity index (χ0) is 14.3. The Bertz CT molecular complexity index is 700. The minimum Gasteiger partial charge on any atom is -0.484 e. The van der Waals surface area contributed by atoms with Gasteiger partial charge in [-0.25, -0.2) is 0 Å². The van der Waals surface area contributed by atoms with Gasteiger partial charge in [-0.05, 0) is 36.4 Å². The molecule has 0 bridgehead atoms. The first-order valence-electron chi connectivity index (χ1n) is 5.99. The second kappa shape index (κ2) is 5.51. The monoisotopic (exact) mass is 414 g/mol. The highest BCUT2D eigenvalue weighted by atomic mass is 79.9. The fourth-order valence-corrected chi connectivity index (χ4v) is 3.19. The maximum absolute atomic E-state index is 12.2. The van der Waals surface area contributed by atoms with E-state index in [1.54, 1.807) is 12.1 Å². The van der Waals surface area contributed by atoms with E-state index in [1.165, 1.54) is 0 Å². The summed E-state index contributed by atoms with van der Waals surface area (Å²) in [6.45, 7) is 0. The van der Waals surface area contributed by atoms with Gasteiger partial charge >= 0.3 is 0 Å². The SMILES string of the molecule is O=C1CC(c2cc(Br)ccc2Cl)Oc2cc(Br)ccc21. The number of carbonyl (C=O) groups excluding carboxylic acids is 1. The van der Waals surface area contributed by atoms with Crippen molar-refractivity contribution >= 4 is 49.2 Å². The van der Waals surface area contributed by atoms with Crippen LogP contribution in [0.25, 0.3) is 0 Å². The fraction of sp³-hybridized carbons (Fsp3) is 0.133. The van der Waals surface area contributed by atoms with Gasteiger partial charge in [0.25, 0.3) is 0 Å². The lowest BCUT2D eigenvalue weighted by molar-refractivity contribution is 0.0850. The van der Waals surface area contributed by atoms with Crippen molar-refractivity contribution in [3.05, 3.63) is 61.5 Å². The Morgan fingerprint density at radius 1 is 1.10 bits per heavy atom. The van der Waals surface area contributed by atoms with Crippen molar-refractivity contribution in [3.63, 3.8) is 0 Å². The van der Waals surface area contributed by atoms with Gasteiger partial charge in [0.2, 0.25) is 0 Å². The maximum atomic E-state index is 12.2. The van der Waals surface area contributed by atoms with Crippen LogP contribution in [0, 0.1) is 0 Å². The standard InChI is InChI=1S/C15H9Br2ClO2/c16-8-2-4-12(18)11(5-8)15-7-13(19)10-3-1-9(17)6-14(10)20-15/h1-6,15H,7H2. The summed E-state index contributed by atoms with van der Waals surface area (Å²) >= 11 is 13.0. The minimum atomic E-state index is -0.353. The zero-order valence-corrected chi connectivity index (χ0v) is 14.1. The summed E-state index contributed by atoms with van der Waals surface area (Å²) in [6.07, 6.45) is -0.0561. The molecule has 2 aromatic carbocycles. The lowest BCUT2D eigenvalue weighted by Gasteiger charge is -2.26. The van der Waals surface area contributed by atoms with Crippen molar-refractivity contribution in [1.29, 1.82) is 0 Å². The molecule has 0 N–H and O–H groups in total. The highest BCUT2D eigenvalue weighted by Gasteiger charge is 2.29. The Kier molecular flexibility index (Phi) is 3.89. The summed E-state index contributed by atoms with van der Waals surface area (Å²) in [5, 5.41) is 0.601. The second-order valence-corrected chi connectivity index (χ2v) is 6.78. The quantitative estimate of drug-likeness (QED) is 0.607. The molecule has 1 unspecified atom stereocenters. The Morgan fingerprint density at radius 3 is 2.60 bits per heavy atom. The Labute approximate surface area is 138 Å². The molecule has 2 nitrogen and oxygen atoms in total. The van der Waals surface area contributed by atoms with E-state index in [-0.39, 0.29) is 11.9 Å². The van der Waals surface area contributed by atoms with Crippen molar-refractivity contribution in [3.8, 4) is 5.75 Å². The lowest BCUT2D eigenvalue weighted by Crippen LogP contribution is -2.20. The normalized spacial score (nSPS) is 17.6. The van der Waals surface area contributed by atoms with Crippen LogP contribution in [0.1, 0.15) is 28.4 Å². The van der Waals surface area contributed by atoms with Crippen LogP contribution in [-0.2, 0) is 0 Å². The van der Waals surface area contributed by atoms with Crippen LogP contribution in [0.15, 0.2) is 45.3 Å². The summed E-state index contributed by atoms with van der Waals surface area (Å²) in [5.41, 5.74) is 1.44. The van der Waals surface area contributed by atoms with E-state index in [1.807, 2.05) is 24.3 Å². The van der Waals surface area contributed by atoms with E-state index in [9.17, 15) is 4.79 Å². The summed E-state index contributed by atoms with van der Waals surface area (Å²) in [7, 11) is 0. The van der Waals surface area contributed by atoms with E-state index in [2.05, 4.69) is 31.9 Å². The van der Waals surface area contributed by atoms with E-state index in [0.717, 1.165) is 14.5 Å². The summed E-state index contributed by atoms with van der Waals surface area (Å²) in [4.78, 5) is 12.2. The molecule has 0 fully saturated rings.